The fraction of sp³-hybridized carbons (Fsp3) is 0.308. The zero-order valence-corrected chi connectivity index (χ0v) is 8.42. The van der Waals surface area contributed by atoms with Crippen LogP contribution in [-0.4, -0.2) is 5.78 Å². The van der Waals surface area contributed by atoms with Crippen LogP contribution in [0, 0.1) is 0 Å². The van der Waals surface area contributed by atoms with E-state index in [0.29, 0.717) is 0 Å². The lowest BCUT2D eigenvalue weighted by Gasteiger charge is -1.99. The quantitative estimate of drug-likeness (QED) is 0.649. The lowest BCUT2D eigenvalue weighted by Crippen LogP contribution is -1.84. The molecule has 1 aromatic rings. The van der Waals surface area contributed by atoms with Crippen LogP contribution in [-0.2, 0) is 17.6 Å². The summed E-state index contributed by atoms with van der Waals surface area (Å²) in [6, 6.07) is 6.47. The molecule has 0 N–H and O–H groups in total. The van der Waals surface area contributed by atoms with Crippen LogP contribution in [0.25, 0.3) is 6.08 Å². The standard InChI is InChI=1S/C13H14O/c1-10(14)5-6-11-7-8-12-3-2-4-13(12)9-11/h5-9H,2-4H2,1H3/b6-5+. The molecule has 0 saturated carbocycles. The summed E-state index contributed by atoms with van der Waals surface area (Å²) in [5.74, 6) is 0.102. The van der Waals surface area contributed by atoms with Crippen LogP contribution in [0.4, 0.5) is 0 Å². The predicted molar refractivity (Wildman–Crippen MR) is 58.2 cm³/mol. The molecule has 1 aliphatic carbocycles. The molecule has 0 unspecified atom stereocenters. The van der Waals surface area contributed by atoms with Gasteiger partial charge in [0.25, 0.3) is 0 Å². The van der Waals surface area contributed by atoms with Gasteiger partial charge in [-0.05, 0) is 49.0 Å². The third kappa shape index (κ3) is 1.92. The fourth-order valence-electron chi connectivity index (χ4n) is 1.91. The number of ketones is 1. The minimum absolute atomic E-state index is 0.102. The third-order valence-corrected chi connectivity index (χ3v) is 2.63. The van der Waals surface area contributed by atoms with E-state index in [4.69, 9.17) is 0 Å². The van der Waals surface area contributed by atoms with Gasteiger partial charge in [-0.2, -0.15) is 0 Å². The first-order valence-corrected chi connectivity index (χ1v) is 5.06. The van der Waals surface area contributed by atoms with Gasteiger partial charge in [0.2, 0.25) is 0 Å². The van der Waals surface area contributed by atoms with Gasteiger partial charge in [-0.15, -0.1) is 0 Å². The normalized spacial score (nSPS) is 14.6. The van der Waals surface area contributed by atoms with Crippen LogP contribution in [0.5, 0.6) is 0 Å². The molecule has 0 fully saturated rings. The highest BCUT2D eigenvalue weighted by Crippen LogP contribution is 2.23. The predicted octanol–water partition coefficient (Wildman–Crippen LogP) is 2.78. The smallest absolute Gasteiger partial charge is 0.152 e. The highest BCUT2D eigenvalue weighted by Gasteiger charge is 2.09. The van der Waals surface area contributed by atoms with E-state index in [9.17, 15) is 4.79 Å². The van der Waals surface area contributed by atoms with Crippen molar-refractivity contribution in [3.63, 3.8) is 0 Å². The lowest BCUT2D eigenvalue weighted by molar-refractivity contribution is -0.112. The average Bonchev–Trinajstić information content (AvgIpc) is 2.61. The first-order chi connectivity index (χ1) is 6.75. The number of fused-ring (bicyclic) bond motifs is 1. The van der Waals surface area contributed by atoms with Crippen molar-refractivity contribution in [2.75, 3.05) is 0 Å². The Morgan fingerprint density at radius 3 is 2.86 bits per heavy atom. The van der Waals surface area contributed by atoms with E-state index < -0.39 is 0 Å². The monoisotopic (exact) mass is 186 g/mol. The number of hydrogen-bond acceptors (Lipinski definition) is 1. The van der Waals surface area contributed by atoms with Crippen molar-refractivity contribution in [1.82, 2.24) is 0 Å². The van der Waals surface area contributed by atoms with E-state index in [1.165, 1.54) is 30.4 Å². The molecular formula is C13H14O. The van der Waals surface area contributed by atoms with Crippen molar-refractivity contribution in [1.29, 1.82) is 0 Å². The number of rotatable bonds is 2. The number of carbonyl (C=O) groups excluding carboxylic acids is 1. The molecule has 14 heavy (non-hydrogen) atoms. The molecule has 0 radical (unpaired) electrons. The minimum atomic E-state index is 0.102. The number of aryl methyl sites for hydroxylation is 2. The first kappa shape index (κ1) is 9.20. The molecule has 1 aliphatic rings. The Bertz CT molecular complexity index is 388. The molecule has 0 bridgehead atoms. The van der Waals surface area contributed by atoms with E-state index in [1.807, 2.05) is 6.08 Å². The second-order valence-electron chi connectivity index (χ2n) is 3.83. The average molecular weight is 186 g/mol. The molecule has 0 atom stereocenters. The van der Waals surface area contributed by atoms with E-state index in [0.717, 1.165) is 5.56 Å². The maximum absolute atomic E-state index is 10.8. The molecule has 0 heterocycles. The zero-order valence-electron chi connectivity index (χ0n) is 8.42. The Labute approximate surface area is 84.5 Å². The highest BCUT2D eigenvalue weighted by molar-refractivity contribution is 5.91. The number of carbonyl (C=O) groups is 1. The van der Waals surface area contributed by atoms with Gasteiger partial charge in [0.15, 0.2) is 5.78 Å². The van der Waals surface area contributed by atoms with Gasteiger partial charge in [-0.1, -0.05) is 24.3 Å². The highest BCUT2D eigenvalue weighted by atomic mass is 16.1. The van der Waals surface area contributed by atoms with Crippen LogP contribution in [0.15, 0.2) is 24.3 Å². The third-order valence-electron chi connectivity index (χ3n) is 2.63. The Morgan fingerprint density at radius 2 is 2.07 bits per heavy atom. The Kier molecular flexibility index (Phi) is 2.49. The maximum atomic E-state index is 10.8. The molecule has 0 aromatic heterocycles. The van der Waals surface area contributed by atoms with Crippen LogP contribution in [0.1, 0.15) is 30.0 Å². The molecule has 1 aromatic carbocycles. The van der Waals surface area contributed by atoms with Crippen LogP contribution < -0.4 is 0 Å². The number of hydrogen-bond donors (Lipinski definition) is 0. The topological polar surface area (TPSA) is 17.1 Å². The maximum Gasteiger partial charge on any atom is 0.152 e. The molecule has 2 rings (SSSR count). The van der Waals surface area contributed by atoms with Crippen molar-refractivity contribution in [3.05, 3.63) is 41.0 Å². The summed E-state index contributed by atoms with van der Waals surface area (Å²) >= 11 is 0. The van der Waals surface area contributed by atoms with Crippen LogP contribution >= 0.6 is 0 Å². The second kappa shape index (κ2) is 3.79. The molecule has 1 nitrogen and oxygen atoms in total. The Morgan fingerprint density at radius 1 is 1.29 bits per heavy atom. The van der Waals surface area contributed by atoms with Gasteiger partial charge in [0.05, 0.1) is 0 Å². The van der Waals surface area contributed by atoms with E-state index in [2.05, 4.69) is 18.2 Å². The lowest BCUT2D eigenvalue weighted by atomic mass is 10.1. The SMILES string of the molecule is CC(=O)/C=C/c1ccc2c(c1)CCC2. The van der Waals surface area contributed by atoms with Crippen LogP contribution in [0.3, 0.4) is 0 Å². The molecule has 0 spiro atoms. The molecule has 1 heteroatoms. The summed E-state index contributed by atoms with van der Waals surface area (Å²) in [4.78, 5) is 10.8. The first-order valence-electron chi connectivity index (χ1n) is 5.06. The summed E-state index contributed by atoms with van der Waals surface area (Å²) in [6.45, 7) is 1.57. The molecule has 0 aliphatic heterocycles. The molecule has 0 saturated heterocycles. The van der Waals surface area contributed by atoms with Gasteiger partial charge in [0.1, 0.15) is 0 Å². The van der Waals surface area contributed by atoms with Gasteiger partial charge in [-0.3, -0.25) is 4.79 Å². The van der Waals surface area contributed by atoms with Crippen molar-refractivity contribution < 1.29 is 4.79 Å². The summed E-state index contributed by atoms with van der Waals surface area (Å²) in [7, 11) is 0. The van der Waals surface area contributed by atoms with Gasteiger partial charge in [0, 0.05) is 0 Å². The Hall–Kier alpha value is -1.37. The summed E-state index contributed by atoms with van der Waals surface area (Å²) in [6.07, 6.45) is 7.19. The van der Waals surface area contributed by atoms with Crippen molar-refractivity contribution in [2.24, 2.45) is 0 Å². The van der Waals surface area contributed by atoms with Gasteiger partial charge in [-0.25, -0.2) is 0 Å². The molecule has 0 amide bonds. The van der Waals surface area contributed by atoms with Crippen molar-refractivity contribution in [2.45, 2.75) is 26.2 Å². The number of allylic oxidation sites excluding steroid dienone is 1. The zero-order chi connectivity index (χ0) is 9.97. The number of benzene rings is 1. The van der Waals surface area contributed by atoms with E-state index in [1.54, 1.807) is 13.0 Å². The Balaban J connectivity index is 2.25. The van der Waals surface area contributed by atoms with Gasteiger partial charge >= 0.3 is 0 Å². The molecule has 72 valence electrons. The fourth-order valence-corrected chi connectivity index (χ4v) is 1.91. The van der Waals surface area contributed by atoms with Crippen molar-refractivity contribution in [3.8, 4) is 0 Å². The summed E-state index contributed by atoms with van der Waals surface area (Å²) < 4.78 is 0. The van der Waals surface area contributed by atoms with Crippen LogP contribution in [0.2, 0.25) is 0 Å². The van der Waals surface area contributed by atoms with Crippen molar-refractivity contribution >= 4 is 11.9 Å². The summed E-state index contributed by atoms with van der Waals surface area (Å²) in [5, 5.41) is 0. The largest absolute Gasteiger partial charge is 0.295 e. The molecular weight excluding hydrogens is 172 g/mol. The summed E-state index contributed by atoms with van der Waals surface area (Å²) in [5.41, 5.74) is 4.07. The minimum Gasteiger partial charge on any atom is -0.295 e. The second-order valence-corrected chi connectivity index (χ2v) is 3.83. The van der Waals surface area contributed by atoms with E-state index >= 15 is 0 Å². The van der Waals surface area contributed by atoms with Gasteiger partial charge < -0.3 is 0 Å². The van der Waals surface area contributed by atoms with E-state index in [-0.39, 0.29) is 5.78 Å².